The van der Waals surface area contributed by atoms with Gasteiger partial charge in [-0.1, -0.05) is 5.10 Å². The highest BCUT2D eigenvalue weighted by Crippen LogP contribution is 1.61. The maximum atomic E-state index is 10.5. The Morgan fingerprint density at radius 2 is 2.33 bits per heavy atom. The third kappa shape index (κ3) is 1.07. The molecule has 0 aromatic carbocycles. The Hall–Kier alpha value is -1.33. The van der Waals surface area contributed by atoms with Crippen LogP contribution >= 0.6 is 0 Å². The van der Waals surface area contributed by atoms with Crippen LogP contribution in [-0.2, 0) is 6.54 Å². The van der Waals surface area contributed by atoms with Gasteiger partial charge in [0.25, 0.3) is 0 Å². The van der Waals surface area contributed by atoms with E-state index in [1.165, 1.54) is 0 Å². The van der Waals surface area contributed by atoms with Gasteiger partial charge in [0.05, 0.1) is 0 Å². The molecular formula is C3H5N5O. The molecule has 0 radical (unpaired) electrons. The zero-order valence-corrected chi connectivity index (χ0v) is 4.85. The molecule has 6 nitrogen and oxygen atoms in total. The summed E-state index contributed by atoms with van der Waals surface area (Å²) in [6, 6.07) is 0. The molecule has 1 heterocycles. The van der Waals surface area contributed by atoms with Crippen LogP contribution in [0.4, 0.5) is 0 Å². The van der Waals surface area contributed by atoms with Crippen molar-refractivity contribution >= 4 is 0 Å². The number of hydrogen-bond donors (Lipinski definition) is 0. The lowest BCUT2D eigenvalue weighted by Gasteiger charge is -1.90. The number of aromatic nitrogens is 5. The second-order valence-corrected chi connectivity index (χ2v) is 1.37. The lowest BCUT2D eigenvalue weighted by atomic mass is 10.8. The van der Waals surface area contributed by atoms with E-state index in [1.54, 1.807) is 6.92 Å². The molecule has 1 rings (SSSR count). The summed E-state index contributed by atoms with van der Waals surface area (Å²) in [6.07, 6.45) is 0. The molecule has 0 spiro atoms. The van der Waals surface area contributed by atoms with Crippen LogP contribution < -0.4 is 5.69 Å². The Morgan fingerprint density at radius 3 is 2.78 bits per heavy atom. The zero-order chi connectivity index (χ0) is 6.69. The molecule has 0 bridgehead atoms. The lowest BCUT2D eigenvalue weighted by Crippen LogP contribution is -2.26. The summed E-state index contributed by atoms with van der Waals surface area (Å²) in [5.41, 5.74) is -0.465. The van der Waals surface area contributed by atoms with E-state index in [9.17, 15) is 4.79 Å². The van der Waals surface area contributed by atoms with Crippen molar-refractivity contribution in [3.05, 3.63) is 10.5 Å². The molecule has 6 heteroatoms. The number of aryl methyl sites for hydroxylation is 1. The molecular weight excluding hydrogens is 122 g/mol. The van der Waals surface area contributed by atoms with Crippen LogP contribution in [0.2, 0.25) is 0 Å². The summed E-state index contributed by atoms with van der Waals surface area (Å²) in [5, 5.41) is 12.7. The highest BCUT2D eigenvalue weighted by molar-refractivity contribution is 4.45. The van der Waals surface area contributed by atoms with Crippen molar-refractivity contribution in [1.82, 2.24) is 25.4 Å². The van der Waals surface area contributed by atoms with Crippen molar-refractivity contribution in [2.24, 2.45) is 0 Å². The fourth-order valence-electron chi connectivity index (χ4n) is 0.413. The highest BCUT2D eigenvalue weighted by Gasteiger charge is 1.90. The minimum absolute atomic E-state index is 0.465. The summed E-state index contributed by atoms with van der Waals surface area (Å²) in [4.78, 5) is 10.5. The number of hydrogen-bond acceptors (Lipinski definition) is 5. The Labute approximate surface area is 50.5 Å². The topological polar surface area (TPSA) is 73.6 Å². The highest BCUT2D eigenvalue weighted by atomic mass is 16.2. The van der Waals surface area contributed by atoms with Crippen molar-refractivity contribution in [1.29, 1.82) is 0 Å². The van der Waals surface area contributed by atoms with Crippen LogP contribution in [-0.4, -0.2) is 25.4 Å². The molecule has 0 amide bonds. The van der Waals surface area contributed by atoms with Gasteiger partial charge < -0.3 is 0 Å². The van der Waals surface area contributed by atoms with Crippen molar-refractivity contribution in [3.63, 3.8) is 0 Å². The molecule has 0 saturated heterocycles. The van der Waals surface area contributed by atoms with Gasteiger partial charge in [-0.2, -0.15) is 4.68 Å². The summed E-state index contributed by atoms with van der Waals surface area (Å²) in [5.74, 6) is 0. The van der Waals surface area contributed by atoms with Gasteiger partial charge in [0.2, 0.25) is 0 Å². The third-order valence-electron chi connectivity index (χ3n) is 0.839. The standard InChI is InChI=1S/C3H5N5O/c1-2-8-3(9)4-5-6-7-8/h2H2,1H3. The fraction of sp³-hybridized carbons (Fsp3) is 0.667. The minimum Gasteiger partial charge on any atom is -0.242 e. The van der Waals surface area contributed by atoms with Gasteiger partial charge in [-0.15, -0.1) is 0 Å². The van der Waals surface area contributed by atoms with Crippen LogP contribution in [0, 0.1) is 0 Å². The molecule has 0 N–H and O–H groups in total. The average Bonchev–Trinajstić information content (AvgIpc) is 1.89. The van der Waals surface area contributed by atoms with E-state index in [0.29, 0.717) is 6.54 Å². The van der Waals surface area contributed by atoms with Crippen LogP contribution in [0.15, 0.2) is 4.79 Å². The predicted molar refractivity (Wildman–Crippen MR) is 27.6 cm³/mol. The van der Waals surface area contributed by atoms with E-state index in [4.69, 9.17) is 0 Å². The van der Waals surface area contributed by atoms with E-state index in [1.807, 2.05) is 0 Å². The molecule has 0 atom stereocenters. The first kappa shape index (κ1) is 5.80. The maximum absolute atomic E-state index is 10.5. The summed E-state index contributed by atoms with van der Waals surface area (Å²) in [7, 11) is 0. The summed E-state index contributed by atoms with van der Waals surface area (Å²) in [6.45, 7) is 2.25. The van der Waals surface area contributed by atoms with Gasteiger partial charge in [-0.05, 0) is 22.6 Å². The second-order valence-electron chi connectivity index (χ2n) is 1.37. The quantitative estimate of drug-likeness (QED) is 0.456. The molecule has 0 unspecified atom stereocenters. The normalized spacial score (nSPS) is 9.44. The third-order valence-corrected chi connectivity index (χ3v) is 0.839. The van der Waals surface area contributed by atoms with Crippen molar-refractivity contribution in [2.75, 3.05) is 0 Å². The Balaban J connectivity index is 3.16. The van der Waals surface area contributed by atoms with Gasteiger partial charge in [0.1, 0.15) is 0 Å². The van der Waals surface area contributed by atoms with Crippen LogP contribution in [0.25, 0.3) is 0 Å². The molecule has 9 heavy (non-hydrogen) atoms. The maximum Gasteiger partial charge on any atom is 0.385 e. The second kappa shape index (κ2) is 2.29. The van der Waals surface area contributed by atoms with E-state index in [0.717, 1.165) is 4.68 Å². The van der Waals surface area contributed by atoms with Crippen molar-refractivity contribution in [3.8, 4) is 0 Å². The number of rotatable bonds is 1. The summed E-state index contributed by atoms with van der Waals surface area (Å²) < 4.78 is 1.12. The van der Waals surface area contributed by atoms with Crippen molar-refractivity contribution < 1.29 is 0 Å². The van der Waals surface area contributed by atoms with E-state index < -0.39 is 5.69 Å². The van der Waals surface area contributed by atoms with Crippen LogP contribution in [0.3, 0.4) is 0 Å². The van der Waals surface area contributed by atoms with E-state index in [2.05, 4.69) is 20.7 Å². The molecule has 48 valence electrons. The molecule has 0 aliphatic carbocycles. The minimum atomic E-state index is -0.465. The van der Waals surface area contributed by atoms with Gasteiger partial charge in [-0.3, -0.25) is 0 Å². The number of nitrogens with zero attached hydrogens (tertiary/aromatic N) is 5. The molecule has 0 saturated carbocycles. The fourth-order valence-corrected chi connectivity index (χ4v) is 0.413. The molecule has 0 aliphatic heterocycles. The van der Waals surface area contributed by atoms with E-state index in [-0.39, 0.29) is 0 Å². The van der Waals surface area contributed by atoms with E-state index >= 15 is 0 Å². The monoisotopic (exact) mass is 127 g/mol. The van der Waals surface area contributed by atoms with Crippen LogP contribution in [0.1, 0.15) is 6.92 Å². The first-order valence-electron chi connectivity index (χ1n) is 2.47. The molecule has 0 fully saturated rings. The van der Waals surface area contributed by atoms with Gasteiger partial charge in [0.15, 0.2) is 0 Å². The van der Waals surface area contributed by atoms with Gasteiger partial charge >= 0.3 is 5.69 Å². The van der Waals surface area contributed by atoms with Gasteiger partial charge in [0, 0.05) is 6.54 Å². The Morgan fingerprint density at radius 1 is 1.56 bits per heavy atom. The van der Waals surface area contributed by atoms with Crippen molar-refractivity contribution in [2.45, 2.75) is 13.5 Å². The van der Waals surface area contributed by atoms with Gasteiger partial charge in [-0.25, -0.2) is 4.79 Å². The smallest absolute Gasteiger partial charge is 0.242 e. The predicted octanol–water partition coefficient (Wildman–Crippen LogP) is -1.55. The summed E-state index contributed by atoms with van der Waals surface area (Å²) >= 11 is 0. The zero-order valence-electron chi connectivity index (χ0n) is 4.85. The molecule has 0 aliphatic rings. The Kier molecular flexibility index (Phi) is 1.48. The van der Waals surface area contributed by atoms with Crippen LogP contribution in [0.5, 0.6) is 0 Å². The Bertz CT molecular complexity index is 242. The molecule has 1 aromatic rings. The SMILES string of the molecule is CCn1nnnnc1=O. The largest absolute Gasteiger partial charge is 0.385 e. The average molecular weight is 127 g/mol. The molecule has 1 aromatic heterocycles. The lowest BCUT2D eigenvalue weighted by molar-refractivity contribution is 0.494. The first-order valence-corrected chi connectivity index (χ1v) is 2.47. The first-order chi connectivity index (χ1) is 4.34.